The maximum absolute atomic E-state index is 13.4. The number of hydrazine groups is 1. The highest BCUT2D eigenvalue weighted by atomic mass is 19.1. The van der Waals surface area contributed by atoms with Crippen molar-refractivity contribution in [1.29, 1.82) is 0 Å². The number of rotatable bonds is 5. The van der Waals surface area contributed by atoms with Crippen LogP contribution in [0.15, 0.2) is 18.2 Å². The van der Waals surface area contributed by atoms with Crippen LogP contribution >= 0.6 is 0 Å². The van der Waals surface area contributed by atoms with Gasteiger partial charge in [0.1, 0.15) is 5.82 Å². The van der Waals surface area contributed by atoms with Crippen LogP contribution in [0.2, 0.25) is 0 Å². The molecule has 0 saturated heterocycles. The first-order valence-corrected chi connectivity index (χ1v) is 7.43. The van der Waals surface area contributed by atoms with Gasteiger partial charge in [0.05, 0.1) is 0 Å². The molecule has 1 aromatic rings. The summed E-state index contributed by atoms with van der Waals surface area (Å²) in [5, 5.41) is 0. The minimum absolute atomic E-state index is 0.0672. The van der Waals surface area contributed by atoms with Gasteiger partial charge in [0.15, 0.2) is 0 Å². The first kappa shape index (κ1) is 14.5. The summed E-state index contributed by atoms with van der Waals surface area (Å²) in [6.07, 6.45) is 8.99. The van der Waals surface area contributed by atoms with Crippen LogP contribution in [0.3, 0.4) is 0 Å². The number of hydrogen-bond acceptors (Lipinski definition) is 2. The highest BCUT2D eigenvalue weighted by Crippen LogP contribution is 2.31. The lowest BCUT2D eigenvalue weighted by molar-refractivity contribution is 0.314. The van der Waals surface area contributed by atoms with E-state index in [1.807, 2.05) is 13.0 Å². The second-order valence-corrected chi connectivity index (χ2v) is 5.80. The van der Waals surface area contributed by atoms with E-state index in [0.717, 1.165) is 23.5 Å². The SMILES string of the molecule is Cc1ccc(F)cc1C(CCC1CCCCC1)NN. The smallest absolute Gasteiger partial charge is 0.123 e. The van der Waals surface area contributed by atoms with E-state index < -0.39 is 0 Å². The molecule has 2 rings (SSSR count). The van der Waals surface area contributed by atoms with E-state index in [-0.39, 0.29) is 11.9 Å². The molecule has 0 aromatic heterocycles. The molecule has 0 heterocycles. The Balaban J connectivity index is 1.97. The molecule has 19 heavy (non-hydrogen) atoms. The lowest BCUT2D eigenvalue weighted by atomic mass is 9.84. The van der Waals surface area contributed by atoms with E-state index in [1.54, 1.807) is 6.07 Å². The molecular formula is C16H25FN2. The number of nitrogens with one attached hydrogen (secondary N) is 1. The molecule has 1 fully saturated rings. The Hall–Kier alpha value is -0.930. The van der Waals surface area contributed by atoms with Gasteiger partial charge in [-0.05, 0) is 48.9 Å². The Labute approximate surface area is 115 Å². The fourth-order valence-electron chi connectivity index (χ4n) is 3.19. The fourth-order valence-corrected chi connectivity index (χ4v) is 3.19. The van der Waals surface area contributed by atoms with Gasteiger partial charge in [-0.3, -0.25) is 11.3 Å². The number of aryl methyl sites for hydroxylation is 1. The molecule has 2 nitrogen and oxygen atoms in total. The number of benzene rings is 1. The molecule has 0 spiro atoms. The number of nitrogens with two attached hydrogens (primary N) is 1. The highest BCUT2D eigenvalue weighted by molar-refractivity contribution is 5.29. The second kappa shape index (κ2) is 7.01. The summed E-state index contributed by atoms with van der Waals surface area (Å²) >= 11 is 0. The summed E-state index contributed by atoms with van der Waals surface area (Å²) in [6, 6.07) is 5.02. The molecule has 1 saturated carbocycles. The maximum atomic E-state index is 13.4. The molecule has 1 unspecified atom stereocenters. The van der Waals surface area contributed by atoms with Crippen LogP contribution in [0.1, 0.15) is 62.1 Å². The van der Waals surface area contributed by atoms with Crippen molar-refractivity contribution in [2.24, 2.45) is 11.8 Å². The van der Waals surface area contributed by atoms with E-state index in [2.05, 4.69) is 5.43 Å². The van der Waals surface area contributed by atoms with Gasteiger partial charge in [0, 0.05) is 6.04 Å². The fraction of sp³-hybridized carbons (Fsp3) is 0.625. The lowest BCUT2D eigenvalue weighted by Crippen LogP contribution is -2.29. The molecule has 0 aliphatic heterocycles. The quantitative estimate of drug-likeness (QED) is 0.623. The Kier molecular flexibility index (Phi) is 5.34. The summed E-state index contributed by atoms with van der Waals surface area (Å²) in [6.45, 7) is 2.01. The lowest BCUT2D eigenvalue weighted by Gasteiger charge is -2.25. The average molecular weight is 264 g/mol. The Morgan fingerprint density at radius 1 is 1.32 bits per heavy atom. The molecule has 106 valence electrons. The summed E-state index contributed by atoms with van der Waals surface area (Å²) in [5.41, 5.74) is 4.96. The van der Waals surface area contributed by atoms with Crippen LogP contribution in [0, 0.1) is 18.7 Å². The molecule has 0 amide bonds. The van der Waals surface area contributed by atoms with Gasteiger partial charge >= 0.3 is 0 Å². The monoisotopic (exact) mass is 264 g/mol. The van der Waals surface area contributed by atoms with Crippen LogP contribution in [-0.4, -0.2) is 0 Å². The molecular weight excluding hydrogens is 239 g/mol. The van der Waals surface area contributed by atoms with E-state index in [0.29, 0.717) is 0 Å². The third-order valence-electron chi connectivity index (χ3n) is 4.41. The van der Waals surface area contributed by atoms with E-state index in [9.17, 15) is 4.39 Å². The molecule has 1 aliphatic rings. The van der Waals surface area contributed by atoms with Crippen LogP contribution in [0.5, 0.6) is 0 Å². The summed E-state index contributed by atoms with van der Waals surface area (Å²) in [5.74, 6) is 6.32. The normalized spacial score (nSPS) is 18.5. The topological polar surface area (TPSA) is 38.0 Å². The largest absolute Gasteiger partial charge is 0.271 e. The Bertz CT molecular complexity index is 400. The number of hydrogen-bond donors (Lipinski definition) is 2. The van der Waals surface area contributed by atoms with Crippen molar-refractivity contribution in [2.75, 3.05) is 0 Å². The van der Waals surface area contributed by atoms with Gasteiger partial charge in [0.2, 0.25) is 0 Å². The van der Waals surface area contributed by atoms with Crippen LogP contribution in [0.4, 0.5) is 4.39 Å². The van der Waals surface area contributed by atoms with Crippen molar-refractivity contribution in [3.05, 3.63) is 35.1 Å². The van der Waals surface area contributed by atoms with Gasteiger partial charge < -0.3 is 0 Å². The van der Waals surface area contributed by atoms with Gasteiger partial charge in [-0.15, -0.1) is 0 Å². The maximum Gasteiger partial charge on any atom is 0.123 e. The molecule has 1 atom stereocenters. The minimum Gasteiger partial charge on any atom is -0.271 e. The van der Waals surface area contributed by atoms with E-state index in [4.69, 9.17) is 5.84 Å². The van der Waals surface area contributed by atoms with Crippen LogP contribution < -0.4 is 11.3 Å². The van der Waals surface area contributed by atoms with Gasteiger partial charge in [-0.25, -0.2) is 4.39 Å². The Morgan fingerprint density at radius 2 is 2.05 bits per heavy atom. The van der Waals surface area contributed by atoms with Crippen LogP contribution in [-0.2, 0) is 0 Å². The van der Waals surface area contributed by atoms with Crippen molar-refractivity contribution in [2.45, 2.75) is 57.9 Å². The highest BCUT2D eigenvalue weighted by Gasteiger charge is 2.18. The molecule has 0 radical (unpaired) electrons. The minimum atomic E-state index is -0.182. The van der Waals surface area contributed by atoms with Crippen molar-refractivity contribution in [3.8, 4) is 0 Å². The molecule has 1 aromatic carbocycles. The molecule has 3 N–H and O–H groups in total. The standard InChI is InChI=1S/C16H25FN2/c1-12-7-9-14(17)11-15(12)16(19-18)10-8-13-5-3-2-4-6-13/h7,9,11,13,16,19H,2-6,8,10,18H2,1H3. The Morgan fingerprint density at radius 3 is 2.74 bits per heavy atom. The van der Waals surface area contributed by atoms with Crippen LogP contribution in [0.25, 0.3) is 0 Å². The third kappa shape index (κ3) is 4.02. The van der Waals surface area contributed by atoms with Gasteiger partial charge in [0.25, 0.3) is 0 Å². The first-order chi connectivity index (χ1) is 9.20. The van der Waals surface area contributed by atoms with E-state index in [1.165, 1.54) is 44.6 Å². The van der Waals surface area contributed by atoms with Crippen molar-refractivity contribution >= 4 is 0 Å². The summed E-state index contributed by atoms with van der Waals surface area (Å²) in [4.78, 5) is 0. The predicted octanol–water partition coefficient (Wildman–Crippen LogP) is 4.00. The predicted molar refractivity (Wildman–Crippen MR) is 77.0 cm³/mol. The van der Waals surface area contributed by atoms with Gasteiger partial charge in [-0.1, -0.05) is 38.2 Å². The van der Waals surface area contributed by atoms with E-state index >= 15 is 0 Å². The molecule has 3 heteroatoms. The van der Waals surface area contributed by atoms with Crippen molar-refractivity contribution in [3.63, 3.8) is 0 Å². The van der Waals surface area contributed by atoms with Gasteiger partial charge in [-0.2, -0.15) is 0 Å². The summed E-state index contributed by atoms with van der Waals surface area (Å²) < 4.78 is 13.4. The zero-order chi connectivity index (χ0) is 13.7. The number of halogens is 1. The molecule has 1 aliphatic carbocycles. The van der Waals surface area contributed by atoms with Crippen molar-refractivity contribution < 1.29 is 4.39 Å². The first-order valence-electron chi connectivity index (χ1n) is 7.43. The average Bonchev–Trinajstić information content (AvgIpc) is 2.44. The third-order valence-corrected chi connectivity index (χ3v) is 4.41. The zero-order valence-electron chi connectivity index (χ0n) is 11.8. The summed E-state index contributed by atoms with van der Waals surface area (Å²) in [7, 11) is 0. The zero-order valence-corrected chi connectivity index (χ0v) is 11.8. The van der Waals surface area contributed by atoms with Crippen molar-refractivity contribution in [1.82, 2.24) is 5.43 Å². The second-order valence-electron chi connectivity index (χ2n) is 5.80. The molecule has 0 bridgehead atoms.